The number of hydrogen-bond acceptors (Lipinski definition) is 7. The second kappa shape index (κ2) is 10.9. The molecule has 1 saturated carbocycles. The van der Waals surface area contributed by atoms with E-state index in [-0.39, 0.29) is 16.9 Å². The average Bonchev–Trinajstić information content (AvgIpc) is 3.56. The normalized spacial score (nSPS) is 21.4. The second-order valence-corrected chi connectivity index (χ2v) is 14.2. The fourth-order valence-corrected chi connectivity index (χ4v) is 8.18. The molecule has 216 valence electrons. The Hall–Kier alpha value is -3.26. The standard InChI is InChI=1S/C31H38N6O3S/c1-31(2,38)21-35-17-13-23(14-18-35)29-34-27-20-33-30-26(15-19-36(30)41(39,40)25-6-4-3-5-7-25)28(27)37(29)24-10-8-22(9-11-24)12-16-32/h3-7,15,19-20,22-24,38H,8-14,17-18,21H2,1-2H3. The molecule has 1 aliphatic heterocycles. The van der Waals surface area contributed by atoms with Crippen LogP contribution in [0.15, 0.2) is 53.7 Å². The second-order valence-electron chi connectivity index (χ2n) is 12.4. The summed E-state index contributed by atoms with van der Waals surface area (Å²) in [6.07, 6.45) is 9.75. The molecule has 0 atom stereocenters. The van der Waals surface area contributed by atoms with Gasteiger partial charge in [-0.3, -0.25) is 0 Å². The van der Waals surface area contributed by atoms with Gasteiger partial charge >= 0.3 is 0 Å². The average molecular weight is 575 g/mol. The quantitative estimate of drug-likeness (QED) is 0.322. The van der Waals surface area contributed by atoms with Crippen LogP contribution in [0.5, 0.6) is 0 Å². The highest BCUT2D eigenvalue weighted by Crippen LogP contribution is 2.41. The summed E-state index contributed by atoms with van der Waals surface area (Å²) in [4.78, 5) is 12.3. The van der Waals surface area contributed by atoms with E-state index in [4.69, 9.17) is 4.98 Å². The maximum absolute atomic E-state index is 13.6. The van der Waals surface area contributed by atoms with E-state index in [1.807, 2.05) is 19.9 Å². The number of aliphatic hydroxyl groups is 1. The minimum Gasteiger partial charge on any atom is -0.389 e. The fraction of sp³-hybridized carbons (Fsp3) is 0.516. The summed E-state index contributed by atoms with van der Waals surface area (Å²) < 4.78 is 30.8. The van der Waals surface area contributed by atoms with Crippen LogP contribution in [0.4, 0.5) is 0 Å². The van der Waals surface area contributed by atoms with Crippen molar-refractivity contribution in [1.29, 1.82) is 5.26 Å². The largest absolute Gasteiger partial charge is 0.389 e. The minimum atomic E-state index is -3.81. The van der Waals surface area contributed by atoms with Crippen LogP contribution in [0.3, 0.4) is 0 Å². The number of hydrogen-bond donors (Lipinski definition) is 1. The lowest BCUT2D eigenvalue weighted by molar-refractivity contribution is 0.0277. The van der Waals surface area contributed by atoms with Gasteiger partial charge in [-0.15, -0.1) is 0 Å². The summed E-state index contributed by atoms with van der Waals surface area (Å²) >= 11 is 0. The highest BCUT2D eigenvalue weighted by Gasteiger charge is 2.33. The van der Waals surface area contributed by atoms with Gasteiger partial charge in [-0.1, -0.05) is 18.2 Å². The molecule has 2 aliphatic rings. The zero-order valence-electron chi connectivity index (χ0n) is 23.8. The molecule has 9 nitrogen and oxygen atoms in total. The van der Waals surface area contributed by atoms with Crippen molar-refractivity contribution in [3.8, 4) is 6.07 Å². The highest BCUT2D eigenvalue weighted by atomic mass is 32.2. The molecule has 2 fully saturated rings. The van der Waals surface area contributed by atoms with E-state index in [2.05, 4.69) is 20.5 Å². The number of likely N-dealkylation sites (tertiary alicyclic amines) is 1. The third-order valence-electron chi connectivity index (χ3n) is 8.78. The van der Waals surface area contributed by atoms with Gasteiger partial charge in [-0.05, 0) is 89.6 Å². The lowest BCUT2D eigenvalue weighted by Crippen LogP contribution is -2.42. The Morgan fingerprint density at radius 1 is 1.05 bits per heavy atom. The summed E-state index contributed by atoms with van der Waals surface area (Å²) in [5.41, 5.74) is 1.43. The lowest BCUT2D eigenvalue weighted by atomic mass is 9.84. The maximum atomic E-state index is 13.6. The Kier molecular flexibility index (Phi) is 7.39. The van der Waals surface area contributed by atoms with Crippen LogP contribution >= 0.6 is 0 Å². The van der Waals surface area contributed by atoms with E-state index in [1.54, 1.807) is 42.7 Å². The first kappa shape index (κ1) is 27.9. The first-order chi connectivity index (χ1) is 19.7. The Morgan fingerprint density at radius 3 is 2.41 bits per heavy atom. The van der Waals surface area contributed by atoms with Gasteiger partial charge in [0.15, 0.2) is 5.65 Å². The lowest BCUT2D eigenvalue weighted by Gasteiger charge is -2.36. The van der Waals surface area contributed by atoms with Crippen molar-refractivity contribution in [3.63, 3.8) is 0 Å². The zero-order chi connectivity index (χ0) is 28.8. The van der Waals surface area contributed by atoms with Gasteiger partial charge in [0, 0.05) is 36.5 Å². The van der Waals surface area contributed by atoms with Crippen LogP contribution in [-0.2, 0) is 10.0 Å². The Labute approximate surface area is 241 Å². The summed E-state index contributed by atoms with van der Waals surface area (Å²) in [5, 5.41) is 20.4. The third kappa shape index (κ3) is 5.39. The molecule has 0 bridgehead atoms. The Bertz CT molecular complexity index is 1680. The van der Waals surface area contributed by atoms with E-state index in [0.717, 1.165) is 73.9 Å². The van der Waals surface area contributed by atoms with E-state index >= 15 is 0 Å². The molecule has 1 saturated heterocycles. The van der Waals surface area contributed by atoms with E-state index < -0.39 is 15.6 Å². The SMILES string of the molecule is CC(C)(O)CN1CCC(c2nc3cnc4c(ccn4S(=O)(=O)c4ccccc4)c3n2C2CCC(CC#N)CC2)CC1. The fourth-order valence-electron chi connectivity index (χ4n) is 6.86. The van der Waals surface area contributed by atoms with Gasteiger partial charge < -0.3 is 14.6 Å². The van der Waals surface area contributed by atoms with E-state index in [0.29, 0.717) is 24.5 Å². The number of nitrogens with zero attached hydrogens (tertiary/aromatic N) is 6. The van der Waals surface area contributed by atoms with Crippen LogP contribution in [-0.4, -0.2) is 62.2 Å². The molecule has 6 rings (SSSR count). The molecular formula is C31H38N6O3S. The summed E-state index contributed by atoms with van der Waals surface area (Å²) in [5.74, 6) is 1.75. The summed E-state index contributed by atoms with van der Waals surface area (Å²) in [6.45, 7) is 6.14. The predicted octanol–water partition coefficient (Wildman–Crippen LogP) is 5.22. The first-order valence-electron chi connectivity index (χ1n) is 14.7. The van der Waals surface area contributed by atoms with Crippen LogP contribution in [0.25, 0.3) is 22.1 Å². The topological polar surface area (TPSA) is 117 Å². The smallest absolute Gasteiger partial charge is 0.269 e. The number of nitriles is 1. The molecule has 41 heavy (non-hydrogen) atoms. The van der Waals surface area contributed by atoms with Crippen molar-refractivity contribution >= 4 is 32.1 Å². The molecule has 1 N–H and O–H groups in total. The molecular weight excluding hydrogens is 536 g/mol. The molecule has 0 spiro atoms. The number of pyridine rings is 1. The van der Waals surface area contributed by atoms with Crippen molar-refractivity contribution in [1.82, 2.24) is 23.4 Å². The zero-order valence-corrected chi connectivity index (χ0v) is 24.6. The van der Waals surface area contributed by atoms with Crippen LogP contribution in [0.1, 0.15) is 76.6 Å². The number of rotatable bonds is 7. The molecule has 10 heteroatoms. The third-order valence-corrected chi connectivity index (χ3v) is 10.5. The molecule has 0 radical (unpaired) electrons. The Morgan fingerprint density at radius 2 is 1.76 bits per heavy atom. The number of benzene rings is 1. The van der Waals surface area contributed by atoms with Crippen molar-refractivity contribution < 1.29 is 13.5 Å². The number of piperidine rings is 1. The minimum absolute atomic E-state index is 0.224. The van der Waals surface area contributed by atoms with Gasteiger partial charge in [0.1, 0.15) is 11.3 Å². The highest BCUT2D eigenvalue weighted by molar-refractivity contribution is 7.90. The van der Waals surface area contributed by atoms with Gasteiger partial charge in [0.25, 0.3) is 10.0 Å². The molecule has 4 heterocycles. The Balaban J connectivity index is 1.43. The maximum Gasteiger partial charge on any atom is 0.269 e. The van der Waals surface area contributed by atoms with Crippen molar-refractivity contribution in [2.24, 2.45) is 5.92 Å². The van der Waals surface area contributed by atoms with Crippen LogP contribution in [0, 0.1) is 17.2 Å². The molecule has 1 aromatic carbocycles. The molecule has 3 aromatic heterocycles. The number of β-amino-alcohol motifs (C(OH)–C–C–N with tert-alkyl or cyclic N) is 1. The van der Waals surface area contributed by atoms with Crippen molar-refractivity contribution in [2.75, 3.05) is 19.6 Å². The van der Waals surface area contributed by atoms with Crippen LogP contribution in [0.2, 0.25) is 0 Å². The predicted molar refractivity (Wildman–Crippen MR) is 158 cm³/mol. The number of aromatic nitrogens is 4. The van der Waals surface area contributed by atoms with Gasteiger partial charge in [-0.2, -0.15) is 5.26 Å². The van der Waals surface area contributed by atoms with Crippen LogP contribution < -0.4 is 0 Å². The monoisotopic (exact) mass is 574 g/mol. The summed E-state index contributed by atoms with van der Waals surface area (Å²) in [6, 6.07) is 12.9. The van der Waals surface area contributed by atoms with Gasteiger partial charge in [0.2, 0.25) is 0 Å². The molecule has 0 unspecified atom stereocenters. The molecule has 4 aromatic rings. The van der Waals surface area contributed by atoms with E-state index in [9.17, 15) is 18.8 Å². The van der Waals surface area contributed by atoms with Gasteiger partial charge in [0.05, 0.1) is 28.3 Å². The van der Waals surface area contributed by atoms with E-state index in [1.165, 1.54) is 3.97 Å². The first-order valence-corrected chi connectivity index (χ1v) is 16.1. The number of imidazole rings is 1. The van der Waals surface area contributed by atoms with Crippen molar-refractivity contribution in [2.45, 2.75) is 81.2 Å². The summed E-state index contributed by atoms with van der Waals surface area (Å²) in [7, 11) is -3.81. The van der Waals surface area contributed by atoms with Crippen molar-refractivity contribution in [3.05, 3.63) is 54.6 Å². The molecule has 0 amide bonds. The molecule has 1 aliphatic carbocycles. The van der Waals surface area contributed by atoms with Gasteiger partial charge in [-0.25, -0.2) is 22.4 Å². The number of fused-ring (bicyclic) bond motifs is 3.